The molecule has 3 heteroatoms. The van der Waals surface area contributed by atoms with Crippen molar-refractivity contribution in [1.29, 1.82) is 0 Å². The highest BCUT2D eigenvalue weighted by Crippen LogP contribution is 2.39. The zero-order chi connectivity index (χ0) is 8.55. The summed E-state index contributed by atoms with van der Waals surface area (Å²) in [6, 6.07) is 0. The highest BCUT2D eigenvalue weighted by atomic mass is 79.9. The van der Waals surface area contributed by atoms with Gasteiger partial charge in [-0.2, -0.15) is 11.3 Å². The lowest BCUT2D eigenvalue weighted by molar-refractivity contribution is 0.160. The Labute approximate surface area is 84.6 Å². The standard InChI is InChI=1S/C9H11BrOS/c10-8-5-12-4-7(8)9(11)3-6-1-2-6/h4-6,9,11H,1-3H2. The van der Waals surface area contributed by atoms with Crippen LogP contribution in [0.3, 0.4) is 0 Å². The number of halogens is 1. The van der Waals surface area contributed by atoms with E-state index in [9.17, 15) is 5.11 Å². The third-order valence-electron chi connectivity index (χ3n) is 2.25. The second-order valence-corrected chi connectivity index (χ2v) is 4.97. The van der Waals surface area contributed by atoms with Crippen LogP contribution in [-0.2, 0) is 0 Å². The molecule has 1 unspecified atom stereocenters. The summed E-state index contributed by atoms with van der Waals surface area (Å²) in [7, 11) is 0. The Morgan fingerprint density at radius 2 is 2.33 bits per heavy atom. The molecule has 0 aromatic carbocycles. The van der Waals surface area contributed by atoms with E-state index in [0.29, 0.717) is 0 Å². The van der Waals surface area contributed by atoms with Crippen molar-refractivity contribution in [2.24, 2.45) is 5.92 Å². The van der Waals surface area contributed by atoms with Gasteiger partial charge in [0.1, 0.15) is 0 Å². The Morgan fingerprint density at radius 3 is 2.83 bits per heavy atom. The molecule has 0 saturated heterocycles. The maximum atomic E-state index is 9.78. The van der Waals surface area contributed by atoms with Crippen molar-refractivity contribution in [2.75, 3.05) is 0 Å². The molecule has 1 fully saturated rings. The molecule has 0 aliphatic heterocycles. The Bertz CT molecular complexity index is 267. The third kappa shape index (κ3) is 1.90. The number of hydrogen-bond acceptors (Lipinski definition) is 2. The van der Waals surface area contributed by atoms with Gasteiger partial charge in [-0.15, -0.1) is 0 Å². The third-order valence-corrected chi connectivity index (χ3v) is 4.01. The summed E-state index contributed by atoms with van der Waals surface area (Å²) in [4.78, 5) is 0. The van der Waals surface area contributed by atoms with Crippen LogP contribution in [0.2, 0.25) is 0 Å². The molecular formula is C9H11BrOS. The second-order valence-electron chi connectivity index (χ2n) is 3.37. The Hall–Kier alpha value is 0.140. The molecular weight excluding hydrogens is 236 g/mol. The monoisotopic (exact) mass is 246 g/mol. The first-order valence-electron chi connectivity index (χ1n) is 4.17. The Morgan fingerprint density at radius 1 is 1.58 bits per heavy atom. The highest BCUT2D eigenvalue weighted by molar-refractivity contribution is 9.10. The SMILES string of the molecule is OC(CC1CC1)c1cscc1Br. The maximum Gasteiger partial charge on any atom is 0.0811 e. The van der Waals surface area contributed by atoms with E-state index >= 15 is 0 Å². The fraction of sp³-hybridized carbons (Fsp3) is 0.556. The van der Waals surface area contributed by atoms with Gasteiger partial charge in [0, 0.05) is 15.4 Å². The maximum absolute atomic E-state index is 9.78. The normalized spacial score (nSPS) is 19.5. The minimum atomic E-state index is -0.252. The van der Waals surface area contributed by atoms with Crippen LogP contribution in [0.25, 0.3) is 0 Å². The van der Waals surface area contributed by atoms with Gasteiger partial charge in [0.15, 0.2) is 0 Å². The van der Waals surface area contributed by atoms with Crippen LogP contribution >= 0.6 is 27.3 Å². The molecule has 1 N–H and O–H groups in total. The van der Waals surface area contributed by atoms with Crippen molar-refractivity contribution in [1.82, 2.24) is 0 Å². The van der Waals surface area contributed by atoms with Crippen molar-refractivity contribution in [3.63, 3.8) is 0 Å². The summed E-state index contributed by atoms with van der Waals surface area (Å²) in [6.45, 7) is 0. The number of thiophene rings is 1. The lowest BCUT2D eigenvalue weighted by Crippen LogP contribution is -1.97. The second kappa shape index (κ2) is 3.48. The molecule has 1 aromatic heterocycles. The summed E-state index contributed by atoms with van der Waals surface area (Å²) < 4.78 is 1.06. The van der Waals surface area contributed by atoms with Gasteiger partial charge >= 0.3 is 0 Å². The van der Waals surface area contributed by atoms with Crippen molar-refractivity contribution in [2.45, 2.75) is 25.4 Å². The highest BCUT2D eigenvalue weighted by Gasteiger charge is 2.26. The van der Waals surface area contributed by atoms with Crippen LogP contribution in [0.1, 0.15) is 30.9 Å². The molecule has 1 atom stereocenters. The molecule has 1 saturated carbocycles. The van der Waals surface area contributed by atoms with E-state index in [-0.39, 0.29) is 6.10 Å². The molecule has 0 spiro atoms. The molecule has 0 radical (unpaired) electrons. The number of aliphatic hydroxyl groups is 1. The molecule has 2 rings (SSSR count). The van der Waals surface area contributed by atoms with Gasteiger partial charge < -0.3 is 5.11 Å². The molecule has 66 valence electrons. The topological polar surface area (TPSA) is 20.2 Å². The number of aliphatic hydroxyl groups excluding tert-OH is 1. The van der Waals surface area contributed by atoms with E-state index in [1.807, 2.05) is 10.8 Å². The van der Waals surface area contributed by atoms with Crippen LogP contribution < -0.4 is 0 Å². The van der Waals surface area contributed by atoms with Gasteiger partial charge in [0.25, 0.3) is 0 Å². The number of hydrogen-bond donors (Lipinski definition) is 1. The number of rotatable bonds is 3. The largest absolute Gasteiger partial charge is 0.388 e. The van der Waals surface area contributed by atoms with Gasteiger partial charge in [-0.3, -0.25) is 0 Å². The lowest BCUT2D eigenvalue weighted by atomic mass is 10.1. The minimum Gasteiger partial charge on any atom is -0.388 e. The van der Waals surface area contributed by atoms with Gasteiger partial charge in [-0.25, -0.2) is 0 Å². The van der Waals surface area contributed by atoms with E-state index in [2.05, 4.69) is 15.9 Å². The zero-order valence-electron chi connectivity index (χ0n) is 6.66. The van der Waals surface area contributed by atoms with E-state index in [1.165, 1.54) is 12.8 Å². The summed E-state index contributed by atoms with van der Waals surface area (Å²) in [5.74, 6) is 0.784. The van der Waals surface area contributed by atoms with Crippen LogP contribution in [0.5, 0.6) is 0 Å². The van der Waals surface area contributed by atoms with Gasteiger partial charge in [-0.1, -0.05) is 12.8 Å². The summed E-state index contributed by atoms with van der Waals surface area (Å²) in [5.41, 5.74) is 1.06. The molecule has 1 aromatic rings. The molecule has 1 aliphatic carbocycles. The predicted molar refractivity (Wildman–Crippen MR) is 54.3 cm³/mol. The Balaban J connectivity index is 2.02. The minimum absolute atomic E-state index is 0.252. The molecule has 1 aliphatic rings. The predicted octanol–water partition coefficient (Wildman–Crippen LogP) is 3.34. The average Bonchev–Trinajstić information content (AvgIpc) is 2.72. The zero-order valence-corrected chi connectivity index (χ0v) is 9.07. The van der Waals surface area contributed by atoms with Crippen molar-refractivity contribution in [3.8, 4) is 0 Å². The summed E-state index contributed by atoms with van der Waals surface area (Å²) >= 11 is 5.06. The quantitative estimate of drug-likeness (QED) is 0.868. The van der Waals surface area contributed by atoms with Gasteiger partial charge in [0.2, 0.25) is 0 Å². The van der Waals surface area contributed by atoms with Crippen LogP contribution in [0.15, 0.2) is 15.2 Å². The first-order valence-corrected chi connectivity index (χ1v) is 5.90. The fourth-order valence-corrected chi connectivity index (χ4v) is 2.93. The van der Waals surface area contributed by atoms with Crippen LogP contribution in [-0.4, -0.2) is 5.11 Å². The lowest BCUT2D eigenvalue weighted by Gasteiger charge is -2.07. The van der Waals surface area contributed by atoms with E-state index in [4.69, 9.17) is 0 Å². The molecule has 0 bridgehead atoms. The first kappa shape index (κ1) is 8.73. The van der Waals surface area contributed by atoms with E-state index in [0.717, 1.165) is 22.4 Å². The Kier molecular flexibility index (Phi) is 2.53. The molecule has 1 heterocycles. The fourth-order valence-electron chi connectivity index (χ4n) is 1.33. The smallest absolute Gasteiger partial charge is 0.0811 e. The van der Waals surface area contributed by atoms with Crippen molar-refractivity contribution < 1.29 is 5.11 Å². The summed E-state index contributed by atoms with van der Waals surface area (Å²) in [6.07, 6.45) is 3.30. The molecule has 0 amide bonds. The van der Waals surface area contributed by atoms with E-state index in [1.54, 1.807) is 11.3 Å². The van der Waals surface area contributed by atoms with Crippen LogP contribution in [0.4, 0.5) is 0 Å². The van der Waals surface area contributed by atoms with Gasteiger partial charge in [0.05, 0.1) is 6.10 Å². The van der Waals surface area contributed by atoms with Gasteiger partial charge in [-0.05, 0) is 33.6 Å². The van der Waals surface area contributed by atoms with E-state index < -0.39 is 0 Å². The first-order chi connectivity index (χ1) is 5.77. The van der Waals surface area contributed by atoms with Crippen molar-refractivity contribution >= 4 is 27.3 Å². The van der Waals surface area contributed by atoms with Crippen molar-refractivity contribution in [3.05, 3.63) is 20.8 Å². The molecule has 12 heavy (non-hydrogen) atoms. The summed E-state index contributed by atoms with van der Waals surface area (Å²) in [5, 5.41) is 13.8. The average molecular weight is 247 g/mol. The van der Waals surface area contributed by atoms with Crippen LogP contribution in [0, 0.1) is 5.92 Å². The molecule has 1 nitrogen and oxygen atoms in total.